The fourth-order valence-corrected chi connectivity index (χ4v) is 2.90. The fraction of sp³-hybridized carbons (Fsp3) is 0.286. The van der Waals surface area contributed by atoms with E-state index in [2.05, 4.69) is 0 Å². The van der Waals surface area contributed by atoms with E-state index in [0.717, 1.165) is 0 Å². The first kappa shape index (κ1) is 24.0. The minimum Gasteiger partial charge on any atom is -0.481 e. The van der Waals surface area contributed by atoms with Crippen molar-refractivity contribution in [2.24, 2.45) is 5.73 Å². The number of nitrogens with two attached hydrogens (primary N) is 1. The molecule has 1 aliphatic rings. The van der Waals surface area contributed by atoms with Gasteiger partial charge in [-0.1, -0.05) is 42.5 Å². The van der Waals surface area contributed by atoms with Gasteiger partial charge in [-0.25, -0.2) is 0 Å². The molecule has 0 radical (unpaired) electrons. The number of carbonyl (C=O) groups is 3. The molecule has 7 nitrogen and oxygen atoms in total. The number of hydrogen-bond acceptors (Lipinski definition) is 5. The van der Waals surface area contributed by atoms with E-state index in [1.165, 1.54) is 29.8 Å². The molecule has 2 aromatic rings. The zero-order valence-electron chi connectivity index (χ0n) is 16.5. The Bertz CT molecular complexity index is 928. The third-order valence-corrected chi connectivity index (χ3v) is 4.59. The van der Waals surface area contributed by atoms with Crippen LogP contribution in [0, 0.1) is 0 Å². The lowest BCUT2D eigenvalue weighted by atomic mass is 9.98. The number of β-amino-alcohol motifs (C(OH)–C–C–N with tert-alkyl or cyclic N) is 1. The summed E-state index contributed by atoms with van der Waals surface area (Å²) in [6.45, 7) is 0.504. The van der Waals surface area contributed by atoms with Crippen molar-refractivity contribution in [3.63, 3.8) is 0 Å². The molecule has 0 aliphatic carbocycles. The maximum absolute atomic E-state index is 12.9. The van der Waals surface area contributed by atoms with Gasteiger partial charge in [-0.2, -0.15) is 13.2 Å². The monoisotopic (exact) mass is 438 g/mol. The van der Waals surface area contributed by atoms with E-state index < -0.39 is 42.5 Å². The molecule has 1 heterocycles. The van der Waals surface area contributed by atoms with Crippen molar-refractivity contribution in [3.05, 3.63) is 71.3 Å². The van der Waals surface area contributed by atoms with Crippen molar-refractivity contribution in [1.29, 1.82) is 0 Å². The molecule has 0 spiro atoms. The molecular formula is C21H21F3N2O5. The molecule has 166 valence electrons. The molecule has 1 aliphatic heterocycles. The van der Waals surface area contributed by atoms with Crippen LogP contribution >= 0.6 is 0 Å². The number of carboxylic acid groups (broad SMARTS) is 1. The van der Waals surface area contributed by atoms with Crippen LogP contribution in [0.1, 0.15) is 45.7 Å². The van der Waals surface area contributed by atoms with Crippen LogP contribution in [0.3, 0.4) is 0 Å². The minimum atomic E-state index is -5.32. The lowest BCUT2D eigenvalue weighted by Gasteiger charge is -2.32. The predicted molar refractivity (Wildman–Crippen MR) is 104 cm³/mol. The number of benzene rings is 2. The molecule has 4 N–H and O–H groups in total. The molecule has 0 unspecified atom stereocenters. The quantitative estimate of drug-likeness (QED) is 0.618. The SMILES string of the molecule is C[C@@H](N)c1ccccc1.O=C(O)C[C@@](O)(CN1C(=O)c2ccccc2C1=O)C(F)(F)F. The zero-order valence-corrected chi connectivity index (χ0v) is 16.5. The maximum atomic E-state index is 12.9. The Morgan fingerprint density at radius 3 is 1.81 bits per heavy atom. The number of nitrogens with zero attached hydrogens (tertiary/aromatic N) is 1. The summed E-state index contributed by atoms with van der Waals surface area (Å²) in [5, 5.41) is 18.2. The van der Waals surface area contributed by atoms with E-state index >= 15 is 0 Å². The molecule has 2 atom stereocenters. The van der Waals surface area contributed by atoms with Gasteiger partial charge in [0.05, 0.1) is 24.1 Å². The first-order valence-electron chi connectivity index (χ1n) is 9.14. The molecule has 0 aromatic heterocycles. The van der Waals surface area contributed by atoms with Crippen molar-refractivity contribution in [3.8, 4) is 0 Å². The average Bonchev–Trinajstić information content (AvgIpc) is 2.93. The van der Waals surface area contributed by atoms with Crippen LogP contribution < -0.4 is 5.73 Å². The molecule has 2 amide bonds. The lowest BCUT2D eigenvalue weighted by molar-refractivity contribution is -0.263. The number of fused-ring (bicyclic) bond motifs is 1. The van der Waals surface area contributed by atoms with Gasteiger partial charge in [-0.05, 0) is 24.6 Å². The molecule has 0 fully saturated rings. The lowest BCUT2D eigenvalue weighted by Crippen LogP contribution is -2.55. The summed E-state index contributed by atoms with van der Waals surface area (Å²) in [5.74, 6) is -3.92. The number of alkyl halides is 3. The Morgan fingerprint density at radius 2 is 1.45 bits per heavy atom. The predicted octanol–water partition coefficient (Wildman–Crippen LogP) is 2.76. The number of carboxylic acids is 1. The van der Waals surface area contributed by atoms with Gasteiger partial charge >= 0.3 is 12.1 Å². The van der Waals surface area contributed by atoms with E-state index in [4.69, 9.17) is 10.8 Å². The highest BCUT2D eigenvalue weighted by atomic mass is 19.4. The summed E-state index contributed by atoms with van der Waals surface area (Å²) >= 11 is 0. The number of hydrogen-bond donors (Lipinski definition) is 3. The average molecular weight is 438 g/mol. The van der Waals surface area contributed by atoms with E-state index in [0.29, 0.717) is 0 Å². The third-order valence-electron chi connectivity index (χ3n) is 4.59. The number of carbonyl (C=O) groups excluding carboxylic acids is 2. The summed E-state index contributed by atoms with van der Waals surface area (Å²) in [6, 6.07) is 15.6. The summed E-state index contributed by atoms with van der Waals surface area (Å²) in [7, 11) is 0. The largest absolute Gasteiger partial charge is 0.481 e. The number of aliphatic hydroxyl groups is 1. The van der Waals surface area contributed by atoms with Crippen LogP contribution in [0.5, 0.6) is 0 Å². The second kappa shape index (κ2) is 9.27. The van der Waals surface area contributed by atoms with Crippen LogP contribution in [0.4, 0.5) is 13.2 Å². The number of rotatable bonds is 5. The molecule has 0 saturated heterocycles. The summed E-state index contributed by atoms with van der Waals surface area (Å²) in [4.78, 5) is 34.7. The first-order valence-corrected chi connectivity index (χ1v) is 9.14. The van der Waals surface area contributed by atoms with Gasteiger partial charge in [-0.3, -0.25) is 19.3 Å². The highest BCUT2D eigenvalue weighted by Crippen LogP contribution is 2.36. The molecule has 2 aromatic carbocycles. The van der Waals surface area contributed by atoms with Crippen molar-refractivity contribution >= 4 is 17.8 Å². The van der Waals surface area contributed by atoms with E-state index in [-0.39, 0.29) is 22.1 Å². The first-order chi connectivity index (χ1) is 14.4. The second-order valence-electron chi connectivity index (χ2n) is 7.04. The highest BCUT2D eigenvalue weighted by molar-refractivity contribution is 6.21. The Labute approximate surface area is 175 Å². The highest BCUT2D eigenvalue weighted by Gasteiger charge is 2.57. The van der Waals surface area contributed by atoms with Crippen LogP contribution in [-0.2, 0) is 4.79 Å². The van der Waals surface area contributed by atoms with Crippen LogP contribution in [-0.4, -0.2) is 51.2 Å². The van der Waals surface area contributed by atoms with Crippen LogP contribution in [0.2, 0.25) is 0 Å². The van der Waals surface area contributed by atoms with Crippen LogP contribution in [0.25, 0.3) is 0 Å². The van der Waals surface area contributed by atoms with E-state index in [1.54, 1.807) is 0 Å². The Balaban J connectivity index is 0.000000316. The van der Waals surface area contributed by atoms with Gasteiger partial charge in [0, 0.05) is 6.04 Å². The van der Waals surface area contributed by atoms with Crippen molar-refractivity contribution in [2.75, 3.05) is 6.54 Å². The number of halogens is 3. The Morgan fingerprint density at radius 1 is 1.00 bits per heavy atom. The maximum Gasteiger partial charge on any atom is 0.419 e. The van der Waals surface area contributed by atoms with Crippen molar-refractivity contribution < 1.29 is 37.8 Å². The Kier molecular flexibility index (Phi) is 7.19. The van der Waals surface area contributed by atoms with Gasteiger partial charge < -0.3 is 15.9 Å². The van der Waals surface area contributed by atoms with Crippen molar-refractivity contribution in [2.45, 2.75) is 31.2 Å². The number of amides is 2. The van der Waals surface area contributed by atoms with Gasteiger partial charge in [-0.15, -0.1) is 0 Å². The number of imide groups is 1. The standard InChI is InChI=1S/C13H10F3NO5.C8H11N/c14-13(15,16)12(22,5-9(18)19)6-17-10(20)7-3-1-2-4-8(7)11(17)21;1-7(9)8-5-3-2-4-6-8/h1-4,22H,5-6H2,(H,18,19);2-7H,9H2,1H3/t12-;7-/m11/s1. The third kappa shape index (κ3) is 5.47. The topological polar surface area (TPSA) is 121 Å². The van der Waals surface area contributed by atoms with Gasteiger partial charge in [0.15, 0.2) is 5.60 Å². The Hall–Kier alpha value is -3.24. The molecule has 31 heavy (non-hydrogen) atoms. The molecule has 10 heteroatoms. The van der Waals surface area contributed by atoms with Gasteiger partial charge in [0.25, 0.3) is 11.8 Å². The van der Waals surface area contributed by atoms with Gasteiger partial charge in [0.1, 0.15) is 0 Å². The van der Waals surface area contributed by atoms with Crippen molar-refractivity contribution in [1.82, 2.24) is 4.90 Å². The summed E-state index contributed by atoms with van der Waals surface area (Å²) in [6.07, 6.45) is -7.00. The molecule has 0 saturated carbocycles. The zero-order chi connectivity index (χ0) is 23.4. The van der Waals surface area contributed by atoms with Crippen LogP contribution in [0.15, 0.2) is 54.6 Å². The molecule has 3 rings (SSSR count). The number of aliphatic carboxylic acids is 1. The smallest absolute Gasteiger partial charge is 0.419 e. The second-order valence-corrected chi connectivity index (χ2v) is 7.04. The molecular weight excluding hydrogens is 417 g/mol. The minimum absolute atomic E-state index is 0.0904. The van der Waals surface area contributed by atoms with Gasteiger partial charge in [0.2, 0.25) is 0 Å². The van der Waals surface area contributed by atoms with E-state index in [1.807, 2.05) is 37.3 Å². The summed E-state index contributed by atoms with van der Waals surface area (Å²) < 4.78 is 38.8. The van der Waals surface area contributed by atoms with E-state index in [9.17, 15) is 32.7 Å². The normalized spacial score (nSPS) is 16.1. The molecule has 0 bridgehead atoms. The summed E-state index contributed by atoms with van der Waals surface area (Å²) in [5.41, 5.74) is 2.91. The fourth-order valence-electron chi connectivity index (χ4n) is 2.90.